The fourth-order valence-electron chi connectivity index (χ4n) is 4.31. The van der Waals surface area contributed by atoms with Crippen LogP contribution >= 0.6 is 0 Å². The van der Waals surface area contributed by atoms with Crippen molar-refractivity contribution in [3.05, 3.63) is 0 Å². The largest absolute Gasteiger partial charge is 0.393 e. The van der Waals surface area contributed by atoms with Crippen LogP contribution in [0.2, 0.25) is 0 Å². The highest BCUT2D eigenvalue weighted by Crippen LogP contribution is 2.70. The second-order valence-electron chi connectivity index (χ2n) is 7.60. The highest BCUT2D eigenvalue weighted by atomic mass is 16.3. The first kappa shape index (κ1) is 13.4. The molecule has 2 fully saturated rings. The molecule has 0 aliphatic heterocycles. The molecular formula is C16H30O. The Balaban J connectivity index is 1.93. The smallest absolute Gasteiger partial charge is 0.0607 e. The maximum atomic E-state index is 10.6. The van der Waals surface area contributed by atoms with Crippen LogP contribution in [0.25, 0.3) is 0 Å². The molecule has 0 aromatic heterocycles. The molecule has 2 saturated carbocycles. The van der Waals surface area contributed by atoms with E-state index in [1.54, 1.807) is 0 Å². The molecule has 1 atom stereocenters. The third-order valence-electron chi connectivity index (χ3n) is 6.43. The Morgan fingerprint density at radius 3 is 1.82 bits per heavy atom. The fraction of sp³-hybridized carbons (Fsp3) is 1.00. The summed E-state index contributed by atoms with van der Waals surface area (Å²) in [5.41, 5.74) is 0.655. The average Bonchev–Trinajstić information content (AvgIpc) is 2.69. The van der Waals surface area contributed by atoms with Crippen molar-refractivity contribution in [2.45, 2.75) is 72.8 Å². The first-order valence-electron chi connectivity index (χ1n) is 7.50. The minimum absolute atomic E-state index is 0.0576. The highest BCUT2D eigenvalue weighted by Gasteiger charge is 2.67. The third kappa shape index (κ3) is 2.05. The molecule has 17 heavy (non-hydrogen) atoms. The summed E-state index contributed by atoms with van der Waals surface area (Å²) < 4.78 is 0. The quantitative estimate of drug-likeness (QED) is 0.779. The zero-order valence-electron chi connectivity index (χ0n) is 12.3. The summed E-state index contributed by atoms with van der Waals surface area (Å²) in [4.78, 5) is 0. The molecule has 0 heterocycles. The minimum Gasteiger partial charge on any atom is -0.393 e. The number of hydrogen-bond acceptors (Lipinski definition) is 1. The van der Waals surface area contributed by atoms with Gasteiger partial charge in [0.25, 0.3) is 0 Å². The van der Waals surface area contributed by atoms with Crippen LogP contribution in [0.3, 0.4) is 0 Å². The second kappa shape index (κ2) is 4.26. The van der Waals surface area contributed by atoms with Crippen molar-refractivity contribution in [1.82, 2.24) is 0 Å². The Morgan fingerprint density at radius 2 is 1.47 bits per heavy atom. The lowest BCUT2D eigenvalue weighted by molar-refractivity contribution is 0.0411. The first-order valence-corrected chi connectivity index (χ1v) is 7.50. The van der Waals surface area contributed by atoms with E-state index in [9.17, 15) is 5.11 Å². The van der Waals surface area contributed by atoms with E-state index in [0.717, 1.165) is 5.92 Å². The second-order valence-corrected chi connectivity index (χ2v) is 7.60. The van der Waals surface area contributed by atoms with Crippen LogP contribution < -0.4 is 0 Å². The van der Waals surface area contributed by atoms with Crippen LogP contribution in [0.5, 0.6) is 0 Å². The van der Waals surface area contributed by atoms with Crippen LogP contribution in [0.15, 0.2) is 0 Å². The Bertz CT molecular complexity index is 257. The van der Waals surface area contributed by atoms with Crippen molar-refractivity contribution in [2.24, 2.45) is 28.6 Å². The van der Waals surface area contributed by atoms with Gasteiger partial charge < -0.3 is 5.11 Å². The summed E-state index contributed by atoms with van der Waals surface area (Å²) in [6.07, 6.45) is 6.45. The van der Waals surface area contributed by atoms with Gasteiger partial charge in [-0.2, -0.15) is 0 Å². The van der Waals surface area contributed by atoms with Gasteiger partial charge in [-0.15, -0.1) is 0 Å². The fourth-order valence-corrected chi connectivity index (χ4v) is 4.31. The van der Waals surface area contributed by atoms with E-state index in [4.69, 9.17) is 0 Å². The van der Waals surface area contributed by atoms with Gasteiger partial charge in [-0.1, -0.05) is 53.9 Å². The lowest BCUT2D eigenvalue weighted by Crippen LogP contribution is -2.29. The van der Waals surface area contributed by atoms with Crippen LogP contribution in [0.4, 0.5) is 0 Å². The summed E-state index contributed by atoms with van der Waals surface area (Å²) in [7, 11) is 0. The third-order valence-corrected chi connectivity index (χ3v) is 6.43. The van der Waals surface area contributed by atoms with Gasteiger partial charge in [0, 0.05) is 0 Å². The van der Waals surface area contributed by atoms with E-state index in [1.807, 2.05) is 0 Å². The van der Waals surface area contributed by atoms with Crippen LogP contribution in [0, 0.1) is 28.6 Å². The lowest BCUT2D eigenvalue weighted by atomic mass is 9.76. The van der Waals surface area contributed by atoms with Crippen molar-refractivity contribution >= 4 is 0 Å². The van der Waals surface area contributed by atoms with Crippen molar-refractivity contribution < 1.29 is 5.11 Å². The molecule has 0 bridgehead atoms. The van der Waals surface area contributed by atoms with Crippen LogP contribution in [-0.2, 0) is 0 Å². The van der Waals surface area contributed by atoms with Crippen molar-refractivity contribution in [3.63, 3.8) is 0 Å². The molecule has 1 nitrogen and oxygen atoms in total. The Kier molecular flexibility index (Phi) is 3.36. The SMILES string of the molecule is CCC1CCC(C(O)C2C(C)(C)C2(C)C)CC1. The Hall–Kier alpha value is -0.0400. The number of rotatable bonds is 3. The summed E-state index contributed by atoms with van der Waals surface area (Å²) in [5.74, 6) is 2.01. The molecule has 100 valence electrons. The molecule has 1 N–H and O–H groups in total. The predicted molar refractivity (Wildman–Crippen MR) is 72.8 cm³/mol. The van der Waals surface area contributed by atoms with Gasteiger partial charge in [0.2, 0.25) is 0 Å². The monoisotopic (exact) mass is 238 g/mol. The highest BCUT2D eigenvalue weighted by molar-refractivity contribution is 5.15. The van der Waals surface area contributed by atoms with Crippen molar-refractivity contribution in [1.29, 1.82) is 0 Å². The maximum Gasteiger partial charge on any atom is 0.0607 e. The number of hydrogen-bond donors (Lipinski definition) is 1. The van der Waals surface area contributed by atoms with Crippen molar-refractivity contribution in [3.8, 4) is 0 Å². The summed E-state index contributed by atoms with van der Waals surface area (Å²) in [6.45, 7) is 11.6. The average molecular weight is 238 g/mol. The molecule has 0 radical (unpaired) electrons. The van der Waals surface area contributed by atoms with E-state index in [2.05, 4.69) is 34.6 Å². The Morgan fingerprint density at radius 1 is 1.00 bits per heavy atom. The maximum absolute atomic E-state index is 10.6. The Labute approximate surface area is 107 Å². The van der Waals surface area contributed by atoms with Gasteiger partial charge in [0.05, 0.1) is 6.10 Å². The molecule has 2 aliphatic rings. The lowest BCUT2D eigenvalue weighted by Gasteiger charge is -2.32. The van der Waals surface area contributed by atoms with Gasteiger partial charge >= 0.3 is 0 Å². The zero-order valence-corrected chi connectivity index (χ0v) is 12.3. The van der Waals surface area contributed by atoms with E-state index < -0.39 is 0 Å². The van der Waals surface area contributed by atoms with Crippen LogP contribution in [-0.4, -0.2) is 11.2 Å². The van der Waals surface area contributed by atoms with E-state index in [0.29, 0.717) is 22.7 Å². The van der Waals surface area contributed by atoms with Gasteiger partial charge in [-0.3, -0.25) is 0 Å². The molecule has 0 saturated heterocycles. The molecule has 1 unspecified atom stereocenters. The van der Waals surface area contributed by atoms with E-state index >= 15 is 0 Å². The van der Waals surface area contributed by atoms with E-state index in [1.165, 1.54) is 32.1 Å². The van der Waals surface area contributed by atoms with Gasteiger partial charge in [0.1, 0.15) is 0 Å². The predicted octanol–water partition coefficient (Wildman–Crippen LogP) is 4.25. The van der Waals surface area contributed by atoms with Crippen molar-refractivity contribution in [2.75, 3.05) is 0 Å². The molecule has 0 aromatic rings. The molecule has 0 aromatic carbocycles. The van der Waals surface area contributed by atoms with Crippen LogP contribution in [0.1, 0.15) is 66.7 Å². The van der Waals surface area contributed by atoms with E-state index in [-0.39, 0.29) is 6.10 Å². The molecule has 0 spiro atoms. The molecular weight excluding hydrogens is 208 g/mol. The van der Waals surface area contributed by atoms with Gasteiger partial charge in [-0.25, -0.2) is 0 Å². The standard InChI is InChI=1S/C16H30O/c1-6-11-7-9-12(10-8-11)13(17)14-15(2,3)16(14,4)5/h11-14,17H,6-10H2,1-5H3. The van der Waals surface area contributed by atoms with Gasteiger partial charge in [0.15, 0.2) is 0 Å². The molecule has 1 heteroatoms. The summed E-state index contributed by atoms with van der Waals surface area (Å²) in [6, 6.07) is 0. The van der Waals surface area contributed by atoms with Gasteiger partial charge in [-0.05, 0) is 41.4 Å². The normalized spacial score (nSPS) is 37.8. The molecule has 2 aliphatic carbocycles. The number of aliphatic hydroxyl groups is 1. The topological polar surface area (TPSA) is 20.2 Å². The summed E-state index contributed by atoms with van der Waals surface area (Å²) >= 11 is 0. The molecule has 2 rings (SSSR count). The molecule has 0 amide bonds. The summed E-state index contributed by atoms with van der Waals surface area (Å²) in [5, 5.41) is 10.6. The number of aliphatic hydroxyl groups excluding tert-OH is 1. The first-order chi connectivity index (χ1) is 7.82. The minimum atomic E-state index is -0.0576. The zero-order chi connectivity index (χ0) is 12.8.